The molecule has 1 aliphatic rings. The van der Waals surface area contributed by atoms with E-state index < -0.39 is 0 Å². The molecule has 0 bridgehead atoms. The van der Waals surface area contributed by atoms with Crippen LogP contribution in [0.2, 0.25) is 0 Å². The zero-order chi connectivity index (χ0) is 13.8. The summed E-state index contributed by atoms with van der Waals surface area (Å²) in [5.41, 5.74) is 3.77. The Balaban J connectivity index is 1.95. The predicted molar refractivity (Wildman–Crippen MR) is 77.4 cm³/mol. The zero-order valence-electron chi connectivity index (χ0n) is 12.7. The van der Waals surface area contributed by atoms with E-state index in [4.69, 9.17) is 4.74 Å². The summed E-state index contributed by atoms with van der Waals surface area (Å²) in [6.07, 6.45) is 4.09. The van der Waals surface area contributed by atoms with Crippen molar-refractivity contribution in [2.45, 2.75) is 65.6 Å². The lowest BCUT2D eigenvalue weighted by Crippen LogP contribution is -2.33. The van der Waals surface area contributed by atoms with E-state index in [1.165, 1.54) is 30.5 Å². The zero-order valence-corrected chi connectivity index (χ0v) is 12.7. The van der Waals surface area contributed by atoms with E-state index in [9.17, 15) is 0 Å². The molecule has 1 aromatic rings. The Bertz CT molecular complexity index is 408. The minimum absolute atomic E-state index is 0.339. The van der Waals surface area contributed by atoms with Crippen molar-refractivity contribution in [3.05, 3.63) is 17.0 Å². The first-order valence-corrected chi connectivity index (χ1v) is 7.52. The van der Waals surface area contributed by atoms with Gasteiger partial charge in [0.2, 0.25) is 0 Å². The smallest absolute Gasteiger partial charge is 0.0699 e. The normalized spacial score (nSPS) is 21.6. The van der Waals surface area contributed by atoms with E-state index in [1.807, 2.05) is 0 Å². The summed E-state index contributed by atoms with van der Waals surface area (Å²) in [6, 6.07) is 0.339. The molecule has 0 aliphatic carbocycles. The molecule has 0 amide bonds. The van der Waals surface area contributed by atoms with Gasteiger partial charge in [-0.05, 0) is 47.0 Å². The van der Waals surface area contributed by atoms with Gasteiger partial charge in [-0.15, -0.1) is 0 Å². The van der Waals surface area contributed by atoms with Crippen molar-refractivity contribution in [2.75, 3.05) is 13.2 Å². The Hall–Kier alpha value is -0.870. The molecule has 0 radical (unpaired) electrons. The van der Waals surface area contributed by atoms with Crippen LogP contribution in [0.1, 0.15) is 56.1 Å². The lowest BCUT2D eigenvalue weighted by molar-refractivity contribution is 0.0156. The molecule has 1 aliphatic heterocycles. The molecule has 1 saturated heterocycles. The first kappa shape index (κ1) is 14.5. The average molecular weight is 265 g/mol. The van der Waals surface area contributed by atoms with Gasteiger partial charge in [0, 0.05) is 37.0 Å². The Morgan fingerprint density at radius 1 is 1.42 bits per heavy atom. The Morgan fingerprint density at radius 3 is 2.79 bits per heavy atom. The van der Waals surface area contributed by atoms with Gasteiger partial charge in [0.1, 0.15) is 0 Å². The minimum atomic E-state index is 0.339. The van der Waals surface area contributed by atoms with Gasteiger partial charge in [0.05, 0.1) is 11.8 Å². The second-order valence-corrected chi connectivity index (χ2v) is 5.52. The highest BCUT2D eigenvalue weighted by Gasteiger charge is 2.19. The van der Waals surface area contributed by atoms with Gasteiger partial charge in [0.15, 0.2) is 0 Å². The maximum Gasteiger partial charge on any atom is 0.0699 e. The third-order valence-electron chi connectivity index (χ3n) is 4.10. The van der Waals surface area contributed by atoms with Crippen LogP contribution in [-0.2, 0) is 11.3 Å². The van der Waals surface area contributed by atoms with Crippen molar-refractivity contribution in [1.29, 1.82) is 0 Å². The maximum atomic E-state index is 5.77. The molecule has 1 fully saturated rings. The molecule has 2 heterocycles. The molecule has 2 rings (SSSR count). The molecule has 19 heavy (non-hydrogen) atoms. The number of nitrogens with one attached hydrogen (secondary N) is 1. The van der Waals surface area contributed by atoms with E-state index >= 15 is 0 Å². The van der Waals surface area contributed by atoms with Crippen molar-refractivity contribution >= 4 is 0 Å². The first-order chi connectivity index (χ1) is 9.13. The molecular weight excluding hydrogens is 238 g/mol. The largest absolute Gasteiger partial charge is 0.377 e. The standard InChI is InChI=1S/C15H27N3O/c1-5-18-13(4)15(12(3)17-18)11(2)16-10-14-8-6-7-9-19-14/h11,14,16H,5-10H2,1-4H3. The molecule has 2 unspecified atom stereocenters. The quantitative estimate of drug-likeness (QED) is 0.889. The highest BCUT2D eigenvalue weighted by Crippen LogP contribution is 2.22. The lowest BCUT2D eigenvalue weighted by Gasteiger charge is -2.25. The number of rotatable bonds is 5. The summed E-state index contributed by atoms with van der Waals surface area (Å²) in [5, 5.41) is 8.20. The van der Waals surface area contributed by atoms with E-state index in [1.54, 1.807) is 0 Å². The summed E-state index contributed by atoms with van der Waals surface area (Å²) in [4.78, 5) is 0. The lowest BCUT2D eigenvalue weighted by atomic mass is 10.0. The fourth-order valence-electron chi connectivity index (χ4n) is 3.02. The molecule has 1 N–H and O–H groups in total. The topological polar surface area (TPSA) is 39.1 Å². The molecule has 4 heteroatoms. The minimum Gasteiger partial charge on any atom is -0.377 e. The number of ether oxygens (including phenoxy) is 1. The van der Waals surface area contributed by atoms with Gasteiger partial charge < -0.3 is 10.1 Å². The second kappa shape index (κ2) is 6.53. The molecule has 108 valence electrons. The molecule has 2 atom stereocenters. The van der Waals surface area contributed by atoms with Crippen LogP contribution in [0.5, 0.6) is 0 Å². The fraction of sp³-hybridized carbons (Fsp3) is 0.800. The van der Waals surface area contributed by atoms with E-state index in [0.29, 0.717) is 12.1 Å². The van der Waals surface area contributed by atoms with Gasteiger partial charge in [-0.3, -0.25) is 4.68 Å². The first-order valence-electron chi connectivity index (χ1n) is 7.52. The summed E-state index contributed by atoms with van der Waals surface area (Å²) in [7, 11) is 0. The van der Waals surface area contributed by atoms with Crippen LogP contribution in [0.15, 0.2) is 0 Å². The predicted octanol–water partition coefficient (Wildman–Crippen LogP) is 2.74. The Labute approximate surface area is 116 Å². The summed E-state index contributed by atoms with van der Waals surface area (Å²) in [6.45, 7) is 11.4. The Morgan fingerprint density at radius 2 is 2.21 bits per heavy atom. The van der Waals surface area contributed by atoms with Crippen LogP contribution in [0, 0.1) is 13.8 Å². The van der Waals surface area contributed by atoms with E-state index in [-0.39, 0.29) is 0 Å². The molecule has 0 aromatic carbocycles. The highest BCUT2D eigenvalue weighted by atomic mass is 16.5. The van der Waals surface area contributed by atoms with Crippen LogP contribution in [-0.4, -0.2) is 29.0 Å². The van der Waals surface area contributed by atoms with Gasteiger partial charge >= 0.3 is 0 Å². The Kier molecular flexibility index (Phi) is 4.99. The van der Waals surface area contributed by atoms with Gasteiger partial charge in [-0.25, -0.2) is 0 Å². The second-order valence-electron chi connectivity index (χ2n) is 5.52. The van der Waals surface area contributed by atoms with Crippen LogP contribution in [0.25, 0.3) is 0 Å². The van der Waals surface area contributed by atoms with Crippen molar-refractivity contribution < 1.29 is 4.74 Å². The van der Waals surface area contributed by atoms with E-state index in [0.717, 1.165) is 25.4 Å². The third kappa shape index (κ3) is 3.37. The monoisotopic (exact) mass is 265 g/mol. The van der Waals surface area contributed by atoms with Crippen LogP contribution < -0.4 is 5.32 Å². The van der Waals surface area contributed by atoms with Crippen molar-refractivity contribution in [3.63, 3.8) is 0 Å². The van der Waals surface area contributed by atoms with Crippen molar-refractivity contribution in [1.82, 2.24) is 15.1 Å². The summed E-state index contributed by atoms with van der Waals surface area (Å²) in [5.74, 6) is 0. The molecule has 1 aromatic heterocycles. The summed E-state index contributed by atoms with van der Waals surface area (Å²) >= 11 is 0. The number of nitrogens with zero attached hydrogens (tertiary/aromatic N) is 2. The van der Waals surface area contributed by atoms with Gasteiger partial charge in [-0.1, -0.05) is 0 Å². The number of hydrogen-bond donors (Lipinski definition) is 1. The summed E-state index contributed by atoms with van der Waals surface area (Å²) < 4.78 is 7.85. The van der Waals surface area contributed by atoms with Crippen molar-refractivity contribution in [3.8, 4) is 0 Å². The third-order valence-corrected chi connectivity index (χ3v) is 4.10. The number of aryl methyl sites for hydroxylation is 2. The molecule has 0 spiro atoms. The average Bonchev–Trinajstić information content (AvgIpc) is 2.72. The molecule has 0 saturated carbocycles. The SMILES string of the molecule is CCn1nc(C)c(C(C)NCC2CCCCO2)c1C. The molecular formula is C15H27N3O. The number of hydrogen-bond acceptors (Lipinski definition) is 3. The van der Waals surface area contributed by atoms with Crippen LogP contribution in [0.3, 0.4) is 0 Å². The highest BCUT2D eigenvalue weighted by molar-refractivity contribution is 5.27. The molecule has 4 nitrogen and oxygen atoms in total. The van der Waals surface area contributed by atoms with Gasteiger partial charge in [-0.2, -0.15) is 5.10 Å². The van der Waals surface area contributed by atoms with Crippen LogP contribution in [0.4, 0.5) is 0 Å². The van der Waals surface area contributed by atoms with Crippen LogP contribution >= 0.6 is 0 Å². The van der Waals surface area contributed by atoms with E-state index in [2.05, 4.69) is 42.8 Å². The fourth-order valence-corrected chi connectivity index (χ4v) is 3.02. The van der Waals surface area contributed by atoms with Crippen molar-refractivity contribution in [2.24, 2.45) is 0 Å². The van der Waals surface area contributed by atoms with Gasteiger partial charge in [0.25, 0.3) is 0 Å². The number of aromatic nitrogens is 2. The maximum absolute atomic E-state index is 5.77.